The van der Waals surface area contributed by atoms with Gasteiger partial charge in [-0.2, -0.15) is 0 Å². The number of allylic oxidation sites excluding steroid dienone is 8. The van der Waals surface area contributed by atoms with Gasteiger partial charge in [-0.1, -0.05) is 77.9 Å². The van der Waals surface area contributed by atoms with Crippen molar-refractivity contribution in [1.82, 2.24) is 0 Å². The molecule has 3 nitrogen and oxygen atoms in total. The Morgan fingerprint density at radius 2 is 1.80 bits per heavy atom. The minimum absolute atomic E-state index is 0.0161. The summed E-state index contributed by atoms with van der Waals surface area (Å²) in [6.07, 6.45) is 17.2. The van der Waals surface area contributed by atoms with Gasteiger partial charge >= 0.3 is 5.63 Å². The first-order valence-corrected chi connectivity index (χ1v) is 10.0. The van der Waals surface area contributed by atoms with E-state index in [1.165, 1.54) is 16.7 Å². The molecule has 0 atom stereocenters. The van der Waals surface area contributed by atoms with E-state index in [4.69, 9.17) is 4.42 Å². The minimum Gasteiger partial charge on any atom is -0.507 e. The van der Waals surface area contributed by atoms with Gasteiger partial charge in [0.25, 0.3) is 0 Å². The van der Waals surface area contributed by atoms with Gasteiger partial charge in [-0.05, 0) is 45.2 Å². The van der Waals surface area contributed by atoms with Crippen molar-refractivity contribution in [3.63, 3.8) is 0 Å². The molecule has 0 saturated carbocycles. The predicted molar refractivity (Wildman–Crippen MR) is 126 cm³/mol. The fraction of sp³-hybridized carbons (Fsp3) is 0.222. The van der Waals surface area contributed by atoms with Crippen molar-refractivity contribution in [3.05, 3.63) is 117 Å². The van der Waals surface area contributed by atoms with Crippen LogP contribution in [0.2, 0.25) is 0 Å². The molecule has 0 saturated heterocycles. The van der Waals surface area contributed by atoms with E-state index >= 15 is 0 Å². The Morgan fingerprint density at radius 1 is 1.07 bits per heavy atom. The Morgan fingerprint density at radius 3 is 2.53 bits per heavy atom. The zero-order valence-electron chi connectivity index (χ0n) is 18.2. The molecule has 2 rings (SSSR count). The summed E-state index contributed by atoms with van der Waals surface area (Å²) in [5.41, 5.74) is 5.12. The standard InChI is InChI=1S/C27H30O3/c1-6-11-24-18-20(3)14-16-23(24)13-10-8-7-9-12-19(2)15-17-25-21(4)26(28)22(5)27(29)30-25/h6-10,12-16,18,28H,1,11,17H2,2-5H3. The number of aromatic hydroxyl groups is 1. The molecule has 0 aliphatic heterocycles. The second-order valence-corrected chi connectivity index (χ2v) is 7.36. The zero-order valence-corrected chi connectivity index (χ0v) is 18.2. The van der Waals surface area contributed by atoms with Crippen LogP contribution in [0, 0.1) is 20.8 Å². The van der Waals surface area contributed by atoms with Gasteiger partial charge in [0, 0.05) is 12.0 Å². The average Bonchev–Trinajstić information content (AvgIpc) is 2.72. The van der Waals surface area contributed by atoms with E-state index in [1.54, 1.807) is 13.8 Å². The maximum Gasteiger partial charge on any atom is 0.342 e. The van der Waals surface area contributed by atoms with E-state index in [2.05, 4.69) is 37.8 Å². The highest BCUT2D eigenvalue weighted by molar-refractivity contribution is 5.56. The zero-order chi connectivity index (χ0) is 22.1. The van der Waals surface area contributed by atoms with Gasteiger partial charge in [0.15, 0.2) is 0 Å². The van der Waals surface area contributed by atoms with Gasteiger partial charge in [0.05, 0.1) is 5.56 Å². The van der Waals surface area contributed by atoms with Crippen molar-refractivity contribution in [2.24, 2.45) is 0 Å². The van der Waals surface area contributed by atoms with E-state index in [-0.39, 0.29) is 11.3 Å². The van der Waals surface area contributed by atoms with Crippen molar-refractivity contribution in [2.75, 3.05) is 0 Å². The summed E-state index contributed by atoms with van der Waals surface area (Å²) in [5, 5.41) is 9.98. The molecule has 1 aromatic heterocycles. The second-order valence-electron chi connectivity index (χ2n) is 7.36. The molecule has 0 aliphatic carbocycles. The van der Waals surface area contributed by atoms with Crippen LogP contribution in [0.15, 0.2) is 82.1 Å². The molecule has 0 fully saturated rings. The van der Waals surface area contributed by atoms with E-state index in [0.29, 0.717) is 17.7 Å². The highest BCUT2D eigenvalue weighted by Crippen LogP contribution is 2.22. The lowest BCUT2D eigenvalue weighted by molar-refractivity contribution is 0.415. The lowest BCUT2D eigenvalue weighted by Gasteiger charge is -2.06. The molecular formula is C27H30O3. The van der Waals surface area contributed by atoms with Crippen LogP contribution in [0.25, 0.3) is 6.08 Å². The highest BCUT2D eigenvalue weighted by atomic mass is 16.4. The summed E-state index contributed by atoms with van der Waals surface area (Å²) >= 11 is 0. The Kier molecular flexibility index (Phi) is 8.42. The Hall–Kier alpha value is -3.33. The van der Waals surface area contributed by atoms with Crippen LogP contribution in [0.4, 0.5) is 0 Å². The van der Waals surface area contributed by atoms with Gasteiger partial charge < -0.3 is 9.52 Å². The molecule has 0 bridgehead atoms. The number of aryl methyl sites for hydroxylation is 1. The van der Waals surface area contributed by atoms with Gasteiger partial charge in [0.2, 0.25) is 0 Å². The molecule has 0 spiro atoms. The molecule has 30 heavy (non-hydrogen) atoms. The SMILES string of the molecule is C=CCc1cc(C)ccc1C=CC=CC=CC(C)=CCc1oc(=O)c(C)c(O)c1C. The summed E-state index contributed by atoms with van der Waals surface area (Å²) < 4.78 is 5.29. The topological polar surface area (TPSA) is 50.4 Å². The third-order valence-electron chi connectivity index (χ3n) is 4.89. The normalized spacial score (nSPS) is 12.5. The summed E-state index contributed by atoms with van der Waals surface area (Å²) in [7, 11) is 0. The van der Waals surface area contributed by atoms with E-state index in [9.17, 15) is 9.90 Å². The van der Waals surface area contributed by atoms with Crippen molar-refractivity contribution in [3.8, 4) is 5.75 Å². The van der Waals surface area contributed by atoms with E-state index in [0.717, 1.165) is 12.0 Å². The molecule has 1 heterocycles. The largest absolute Gasteiger partial charge is 0.507 e. The van der Waals surface area contributed by atoms with Gasteiger partial charge in [-0.25, -0.2) is 4.79 Å². The summed E-state index contributed by atoms with van der Waals surface area (Å²) in [4.78, 5) is 11.7. The van der Waals surface area contributed by atoms with Crippen LogP contribution < -0.4 is 5.63 Å². The number of benzene rings is 1. The maximum atomic E-state index is 11.7. The third kappa shape index (κ3) is 6.35. The first-order valence-electron chi connectivity index (χ1n) is 10.0. The van der Waals surface area contributed by atoms with Gasteiger partial charge in [0.1, 0.15) is 11.5 Å². The van der Waals surface area contributed by atoms with E-state index < -0.39 is 5.63 Å². The van der Waals surface area contributed by atoms with Crippen LogP contribution in [0.1, 0.15) is 40.5 Å². The van der Waals surface area contributed by atoms with Crippen LogP contribution >= 0.6 is 0 Å². The van der Waals surface area contributed by atoms with Crippen LogP contribution in [0.5, 0.6) is 5.75 Å². The molecule has 0 radical (unpaired) electrons. The molecule has 156 valence electrons. The van der Waals surface area contributed by atoms with Crippen LogP contribution in [-0.2, 0) is 12.8 Å². The predicted octanol–water partition coefficient (Wildman–Crippen LogP) is 6.31. The summed E-state index contributed by atoms with van der Waals surface area (Å²) in [6, 6.07) is 6.43. The van der Waals surface area contributed by atoms with Crippen molar-refractivity contribution < 1.29 is 9.52 Å². The Labute approximate surface area is 179 Å². The lowest BCUT2D eigenvalue weighted by atomic mass is 10.0. The van der Waals surface area contributed by atoms with Crippen molar-refractivity contribution >= 4 is 6.08 Å². The molecule has 3 heteroatoms. The number of rotatable bonds is 8. The quantitative estimate of drug-likeness (QED) is 0.415. The summed E-state index contributed by atoms with van der Waals surface area (Å²) in [5.74, 6) is 0.505. The molecular weight excluding hydrogens is 372 g/mol. The van der Waals surface area contributed by atoms with Crippen LogP contribution in [0.3, 0.4) is 0 Å². The van der Waals surface area contributed by atoms with Gasteiger partial charge in [-0.3, -0.25) is 0 Å². The van der Waals surface area contributed by atoms with E-state index in [1.807, 2.05) is 49.5 Å². The molecule has 2 aromatic rings. The fourth-order valence-electron chi connectivity index (χ4n) is 3.02. The molecule has 1 N–H and O–H groups in total. The Bertz CT molecular complexity index is 1080. The van der Waals surface area contributed by atoms with Crippen molar-refractivity contribution in [2.45, 2.75) is 40.5 Å². The maximum absolute atomic E-state index is 11.7. The van der Waals surface area contributed by atoms with Crippen LogP contribution in [-0.4, -0.2) is 5.11 Å². The number of hydrogen-bond acceptors (Lipinski definition) is 3. The van der Waals surface area contributed by atoms with Gasteiger partial charge in [-0.15, -0.1) is 6.58 Å². The first kappa shape index (κ1) is 23.0. The molecule has 0 amide bonds. The number of hydrogen-bond donors (Lipinski definition) is 1. The first-order chi connectivity index (χ1) is 14.3. The summed E-state index contributed by atoms with van der Waals surface area (Å²) in [6.45, 7) is 11.2. The average molecular weight is 403 g/mol. The third-order valence-corrected chi connectivity index (χ3v) is 4.89. The second kappa shape index (κ2) is 11.0. The monoisotopic (exact) mass is 402 g/mol. The fourth-order valence-corrected chi connectivity index (χ4v) is 3.02. The van der Waals surface area contributed by atoms with Crippen molar-refractivity contribution in [1.29, 1.82) is 0 Å². The molecule has 1 aromatic carbocycles. The molecule has 0 aliphatic rings. The lowest BCUT2D eigenvalue weighted by Crippen LogP contribution is -2.07. The minimum atomic E-state index is -0.491. The smallest absolute Gasteiger partial charge is 0.342 e. The highest BCUT2D eigenvalue weighted by Gasteiger charge is 2.11. The molecule has 0 unspecified atom stereocenters. The Balaban J connectivity index is 1.99.